The second kappa shape index (κ2) is 6.81. The molecule has 1 amide bonds. The minimum absolute atomic E-state index is 0.0727. The summed E-state index contributed by atoms with van der Waals surface area (Å²) < 4.78 is 19.4. The zero-order valence-corrected chi connectivity index (χ0v) is 11.7. The molecule has 110 valence electrons. The molecule has 2 atom stereocenters. The number of hydrogen-bond acceptors (Lipinski definition) is 3. The minimum atomic E-state index is -0.473. The van der Waals surface area contributed by atoms with Gasteiger partial charge in [0.15, 0.2) is 0 Å². The van der Waals surface area contributed by atoms with E-state index in [0.717, 1.165) is 6.42 Å². The number of carbonyl (C=O) groups excluding carboxylic acids is 1. The predicted octanol–water partition coefficient (Wildman–Crippen LogP) is 1.85. The fourth-order valence-electron chi connectivity index (χ4n) is 2.44. The standard InChI is InChI=1S/C15H21FN2O2/c1-2-5-13(17)15(19)18-8-9-20-14(10-18)11-6-3-4-7-12(11)16/h3-4,6-7,13-14H,2,5,8-10,17H2,1H3. The number of ether oxygens (including phenoxy) is 1. The summed E-state index contributed by atoms with van der Waals surface area (Å²) in [6, 6.07) is 6.04. The van der Waals surface area contributed by atoms with Crippen molar-refractivity contribution in [2.24, 2.45) is 5.73 Å². The van der Waals surface area contributed by atoms with Crippen molar-refractivity contribution in [1.82, 2.24) is 4.90 Å². The van der Waals surface area contributed by atoms with E-state index in [1.54, 1.807) is 23.1 Å². The second-order valence-electron chi connectivity index (χ2n) is 5.06. The number of rotatable bonds is 4. The molecule has 1 aromatic rings. The minimum Gasteiger partial charge on any atom is -0.370 e. The lowest BCUT2D eigenvalue weighted by atomic mass is 10.1. The predicted molar refractivity (Wildman–Crippen MR) is 74.6 cm³/mol. The van der Waals surface area contributed by atoms with Crippen molar-refractivity contribution in [3.8, 4) is 0 Å². The molecule has 0 aliphatic carbocycles. The van der Waals surface area contributed by atoms with Gasteiger partial charge in [0.1, 0.15) is 11.9 Å². The lowest BCUT2D eigenvalue weighted by Crippen LogP contribution is -2.49. The molecule has 1 aliphatic heterocycles. The molecule has 0 spiro atoms. The van der Waals surface area contributed by atoms with Crippen LogP contribution in [-0.4, -0.2) is 36.5 Å². The van der Waals surface area contributed by atoms with Gasteiger partial charge in [0, 0.05) is 12.1 Å². The van der Waals surface area contributed by atoms with Gasteiger partial charge >= 0.3 is 0 Å². The molecule has 1 aliphatic rings. The number of morpholine rings is 1. The third-order valence-corrected chi connectivity index (χ3v) is 3.55. The summed E-state index contributed by atoms with van der Waals surface area (Å²) in [6.07, 6.45) is 1.12. The molecule has 0 bridgehead atoms. The molecule has 0 radical (unpaired) electrons. The normalized spacial score (nSPS) is 20.8. The zero-order valence-electron chi connectivity index (χ0n) is 11.7. The van der Waals surface area contributed by atoms with E-state index in [-0.39, 0.29) is 11.7 Å². The van der Waals surface area contributed by atoms with E-state index in [1.165, 1.54) is 6.07 Å². The molecular weight excluding hydrogens is 259 g/mol. The van der Waals surface area contributed by atoms with Crippen LogP contribution in [0.4, 0.5) is 4.39 Å². The lowest BCUT2D eigenvalue weighted by molar-refractivity contribution is -0.140. The molecule has 2 unspecified atom stereocenters. The number of carbonyl (C=O) groups is 1. The van der Waals surface area contributed by atoms with E-state index in [0.29, 0.717) is 31.7 Å². The van der Waals surface area contributed by atoms with E-state index < -0.39 is 12.1 Å². The third-order valence-electron chi connectivity index (χ3n) is 3.55. The molecule has 1 saturated heterocycles. The molecule has 1 fully saturated rings. The van der Waals surface area contributed by atoms with Gasteiger partial charge in [0.2, 0.25) is 5.91 Å². The molecule has 0 aromatic heterocycles. The van der Waals surface area contributed by atoms with Crippen molar-refractivity contribution < 1.29 is 13.9 Å². The Balaban J connectivity index is 2.05. The molecule has 1 aromatic carbocycles. The Morgan fingerprint density at radius 3 is 3.00 bits per heavy atom. The average molecular weight is 280 g/mol. The maximum Gasteiger partial charge on any atom is 0.239 e. The van der Waals surface area contributed by atoms with E-state index in [2.05, 4.69) is 0 Å². The summed E-state index contributed by atoms with van der Waals surface area (Å²) in [5.74, 6) is -0.374. The van der Waals surface area contributed by atoms with Crippen molar-refractivity contribution in [3.63, 3.8) is 0 Å². The summed E-state index contributed by atoms with van der Waals surface area (Å²) >= 11 is 0. The van der Waals surface area contributed by atoms with Gasteiger partial charge in [-0.2, -0.15) is 0 Å². The highest BCUT2D eigenvalue weighted by atomic mass is 19.1. The quantitative estimate of drug-likeness (QED) is 0.915. The maximum atomic E-state index is 13.8. The Bertz CT molecular complexity index is 467. The van der Waals surface area contributed by atoms with Crippen LogP contribution in [0.1, 0.15) is 31.4 Å². The van der Waals surface area contributed by atoms with Crippen LogP contribution in [0.2, 0.25) is 0 Å². The number of nitrogens with zero attached hydrogens (tertiary/aromatic N) is 1. The maximum absolute atomic E-state index is 13.8. The Morgan fingerprint density at radius 1 is 1.55 bits per heavy atom. The Kier molecular flexibility index (Phi) is 5.09. The second-order valence-corrected chi connectivity index (χ2v) is 5.06. The first-order valence-corrected chi connectivity index (χ1v) is 7.04. The van der Waals surface area contributed by atoms with Crippen LogP contribution in [-0.2, 0) is 9.53 Å². The van der Waals surface area contributed by atoms with Crippen molar-refractivity contribution in [2.75, 3.05) is 19.7 Å². The van der Waals surface area contributed by atoms with E-state index in [9.17, 15) is 9.18 Å². The van der Waals surface area contributed by atoms with Gasteiger partial charge in [0.05, 0.1) is 19.2 Å². The highest BCUT2D eigenvalue weighted by Gasteiger charge is 2.29. The third kappa shape index (κ3) is 3.35. The van der Waals surface area contributed by atoms with Crippen molar-refractivity contribution in [3.05, 3.63) is 35.6 Å². The van der Waals surface area contributed by atoms with Crippen LogP contribution in [0, 0.1) is 5.82 Å². The van der Waals surface area contributed by atoms with Gasteiger partial charge < -0.3 is 15.4 Å². The Labute approximate surface area is 118 Å². The lowest BCUT2D eigenvalue weighted by Gasteiger charge is -2.34. The van der Waals surface area contributed by atoms with Crippen LogP contribution in [0.25, 0.3) is 0 Å². The molecule has 1 heterocycles. The van der Waals surface area contributed by atoms with E-state index in [4.69, 9.17) is 10.5 Å². The molecule has 20 heavy (non-hydrogen) atoms. The SMILES string of the molecule is CCCC(N)C(=O)N1CCOC(c2ccccc2F)C1. The average Bonchev–Trinajstić information content (AvgIpc) is 2.47. The number of hydrogen-bond donors (Lipinski definition) is 1. The van der Waals surface area contributed by atoms with Crippen molar-refractivity contribution in [2.45, 2.75) is 31.9 Å². The van der Waals surface area contributed by atoms with Crippen molar-refractivity contribution >= 4 is 5.91 Å². The monoisotopic (exact) mass is 280 g/mol. The van der Waals surface area contributed by atoms with Gasteiger partial charge in [-0.3, -0.25) is 4.79 Å². The van der Waals surface area contributed by atoms with Crippen LogP contribution < -0.4 is 5.73 Å². The summed E-state index contributed by atoms with van der Waals surface area (Å²) in [5.41, 5.74) is 6.36. The van der Waals surface area contributed by atoms with Crippen LogP contribution in [0.15, 0.2) is 24.3 Å². The number of nitrogens with two attached hydrogens (primary N) is 1. The number of benzene rings is 1. The van der Waals surface area contributed by atoms with Gasteiger partial charge in [0.25, 0.3) is 0 Å². The highest BCUT2D eigenvalue weighted by molar-refractivity contribution is 5.81. The van der Waals surface area contributed by atoms with Gasteiger partial charge in [-0.1, -0.05) is 31.5 Å². The van der Waals surface area contributed by atoms with Gasteiger partial charge in [-0.25, -0.2) is 4.39 Å². The molecular formula is C15H21FN2O2. The van der Waals surface area contributed by atoms with Crippen LogP contribution >= 0.6 is 0 Å². The molecule has 0 saturated carbocycles. The summed E-state index contributed by atoms with van der Waals surface area (Å²) in [6.45, 7) is 3.27. The summed E-state index contributed by atoms with van der Waals surface area (Å²) in [5, 5.41) is 0. The topological polar surface area (TPSA) is 55.6 Å². The van der Waals surface area contributed by atoms with Crippen LogP contribution in [0.5, 0.6) is 0 Å². The van der Waals surface area contributed by atoms with Gasteiger partial charge in [-0.05, 0) is 12.5 Å². The smallest absolute Gasteiger partial charge is 0.239 e. The fraction of sp³-hybridized carbons (Fsp3) is 0.533. The highest BCUT2D eigenvalue weighted by Crippen LogP contribution is 2.24. The van der Waals surface area contributed by atoms with E-state index in [1.807, 2.05) is 6.92 Å². The largest absolute Gasteiger partial charge is 0.370 e. The molecule has 2 N–H and O–H groups in total. The molecule has 5 heteroatoms. The van der Waals surface area contributed by atoms with Gasteiger partial charge in [-0.15, -0.1) is 0 Å². The Morgan fingerprint density at radius 2 is 2.30 bits per heavy atom. The Hall–Kier alpha value is -1.46. The zero-order chi connectivity index (χ0) is 14.5. The molecule has 4 nitrogen and oxygen atoms in total. The van der Waals surface area contributed by atoms with E-state index >= 15 is 0 Å². The summed E-state index contributed by atoms with van der Waals surface area (Å²) in [7, 11) is 0. The van der Waals surface area contributed by atoms with Crippen LogP contribution in [0.3, 0.4) is 0 Å². The first kappa shape index (κ1) is 14.9. The first-order chi connectivity index (χ1) is 9.63. The first-order valence-electron chi connectivity index (χ1n) is 7.04. The summed E-state index contributed by atoms with van der Waals surface area (Å²) in [4.78, 5) is 13.9. The fourth-order valence-corrected chi connectivity index (χ4v) is 2.44. The molecule has 2 rings (SSSR count). The number of halogens is 1. The van der Waals surface area contributed by atoms with Crippen molar-refractivity contribution in [1.29, 1.82) is 0 Å². The number of amides is 1.